The van der Waals surface area contributed by atoms with Crippen LogP contribution in [0, 0.1) is 17.2 Å². The number of aromatic hydroxyl groups is 1. The van der Waals surface area contributed by atoms with Gasteiger partial charge in [-0.15, -0.1) is 0 Å². The molecule has 0 atom stereocenters. The Morgan fingerprint density at radius 2 is 1.62 bits per heavy atom. The molecule has 0 bridgehead atoms. The van der Waals surface area contributed by atoms with Crippen LogP contribution in [0.5, 0.6) is 5.75 Å². The van der Waals surface area contributed by atoms with Crippen LogP contribution in [-0.2, 0) is 20.7 Å². The third-order valence-corrected chi connectivity index (χ3v) is 6.43. The van der Waals surface area contributed by atoms with Gasteiger partial charge in [0, 0.05) is 11.1 Å². The minimum atomic E-state index is -3.58. The van der Waals surface area contributed by atoms with E-state index >= 15 is 0 Å². The average molecular weight is 376 g/mol. The van der Waals surface area contributed by atoms with Crippen molar-refractivity contribution in [3.05, 3.63) is 33.7 Å². The van der Waals surface area contributed by atoms with Gasteiger partial charge >= 0.3 is 0 Å². The lowest BCUT2D eigenvalue weighted by molar-refractivity contribution is 0.423. The summed E-state index contributed by atoms with van der Waals surface area (Å²) < 4.78 is 25.0. The molecule has 0 heterocycles. The van der Waals surface area contributed by atoms with Crippen molar-refractivity contribution in [3.8, 4) is 11.8 Å². The number of benzene rings is 1. The third-order valence-electron chi connectivity index (χ3n) is 4.64. The van der Waals surface area contributed by atoms with E-state index in [1.807, 2.05) is 47.6 Å². The predicted molar refractivity (Wildman–Crippen MR) is 106 cm³/mol. The summed E-state index contributed by atoms with van der Waals surface area (Å²) in [7, 11) is -3.58. The summed E-state index contributed by atoms with van der Waals surface area (Å²) in [4.78, 5) is -0.199. The summed E-state index contributed by atoms with van der Waals surface area (Å²) >= 11 is 0. The summed E-state index contributed by atoms with van der Waals surface area (Å²) in [5.74, 6) is 0.469. The summed E-state index contributed by atoms with van der Waals surface area (Å²) in [6.07, 6.45) is 3.28. The van der Waals surface area contributed by atoms with Gasteiger partial charge in [-0.25, -0.2) is 8.42 Å². The lowest BCUT2D eigenvalue weighted by Gasteiger charge is -2.28. The number of allylic oxidation sites excluding steroid dienone is 1. The number of nitrogens with zero attached hydrogens (tertiary/aromatic N) is 1. The molecule has 142 valence electrons. The lowest BCUT2D eigenvalue weighted by Crippen LogP contribution is -2.17. The van der Waals surface area contributed by atoms with Crippen molar-refractivity contribution in [1.82, 2.24) is 0 Å². The van der Waals surface area contributed by atoms with Gasteiger partial charge in [0.05, 0.1) is 5.75 Å². The van der Waals surface area contributed by atoms with Gasteiger partial charge in [0.2, 0.25) is 0 Å². The molecule has 2 rings (SSSR count). The van der Waals surface area contributed by atoms with Crippen molar-refractivity contribution in [2.45, 2.75) is 65.2 Å². The van der Waals surface area contributed by atoms with E-state index in [0.717, 1.165) is 24.0 Å². The van der Waals surface area contributed by atoms with Crippen LogP contribution in [0.4, 0.5) is 0 Å². The average Bonchev–Trinajstić information content (AvgIpc) is 3.26. The number of hydrogen-bond acceptors (Lipinski definition) is 4. The Bertz CT molecular complexity index is 836. The minimum Gasteiger partial charge on any atom is -0.507 e. The van der Waals surface area contributed by atoms with Crippen LogP contribution in [0.25, 0.3) is 6.08 Å². The molecule has 0 spiro atoms. The zero-order chi connectivity index (χ0) is 19.9. The van der Waals surface area contributed by atoms with E-state index in [9.17, 15) is 18.8 Å². The van der Waals surface area contributed by atoms with Crippen molar-refractivity contribution < 1.29 is 13.5 Å². The summed E-state index contributed by atoms with van der Waals surface area (Å²) in [5, 5.41) is 20.2. The molecule has 1 aromatic rings. The topological polar surface area (TPSA) is 78.2 Å². The fraction of sp³-hybridized carbons (Fsp3) is 0.571. The fourth-order valence-corrected chi connectivity index (χ4v) is 4.50. The monoisotopic (exact) mass is 375 g/mol. The smallest absolute Gasteiger partial charge is 0.188 e. The zero-order valence-corrected chi connectivity index (χ0v) is 17.4. The largest absolute Gasteiger partial charge is 0.507 e. The molecule has 1 saturated carbocycles. The van der Waals surface area contributed by atoms with Crippen molar-refractivity contribution in [1.29, 1.82) is 5.26 Å². The molecular weight excluding hydrogens is 346 g/mol. The van der Waals surface area contributed by atoms with Gasteiger partial charge in [0.1, 0.15) is 16.7 Å². The third kappa shape index (κ3) is 4.67. The molecule has 0 saturated heterocycles. The number of hydrogen-bond donors (Lipinski definition) is 1. The van der Waals surface area contributed by atoms with Crippen LogP contribution >= 0.6 is 0 Å². The molecule has 5 heteroatoms. The fourth-order valence-electron chi connectivity index (χ4n) is 2.91. The van der Waals surface area contributed by atoms with E-state index < -0.39 is 9.84 Å². The highest BCUT2D eigenvalue weighted by molar-refractivity contribution is 7.95. The van der Waals surface area contributed by atoms with Crippen LogP contribution in [0.2, 0.25) is 0 Å². The van der Waals surface area contributed by atoms with Crippen molar-refractivity contribution >= 4 is 15.9 Å². The van der Waals surface area contributed by atoms with Crippen LogP contribution in [0.15, 0.2) is 17.0 Å². The molecule has 0 radical (unpaired) electrons. The second kappa shape index (κ2) is 6.74. The standard InChI is InChI=1S/C21H29NO3S/c1-20(2,3)17-10-15(11-18(19(17)23)21(4,5)6)9-16(12-22)26(24,25)13-14-7-8-14/h9-11,14,23H,7-8,13H2,1-6H3/b16-9+. The van der Waals surface area contributed by atoms with Crippen molar-refractivity contribution in [2.24, 2.45) is 5.92 Å². The van der Waals surface area contributed by atoms with Crippen molar-refractivity contribution in [2.75, 3.05) is 5.75 Å². The highest BCUT2D eigenvalue weighted by Crippen LogP contribution is 2.40. The maximum atomic E-state index is 12.5. The van der Waals surface area contributed by atoms with E-state index in [0.29, 0.717) is 5.56 Å². The van der Waals surface area contributed by atoms with Gasteiger partial charge in [-0.05, 0) is 53.4 Å². The molecule has 0 aromatic heterocycles. The zero-order valence-electron chi connectivity index (χ0n) is 16.5. The molecule has 26 heavy (non-hydrogen) atoms. The lowest BCUT2D eigenvalue weighted by atomic mass is 9.78. The Balaban J connectivity index is 2.63. The van der Waals surface area contributed by atoms with Gasteiger partial charge < -0.3 is 5.11 Å². The first-order valence-electron chi connectivity index (χ1n) is 8.98. The molecule has 0 aliphatic heterocycles. The molecular formula is C21H29NO3S. The quantitative estimate of drug-likeness (QED) is 0.775. The Morgan fingerprint density at radius 1 is 1.15 bits per heavy atom. The van der Waals surface area contributed by atoms with E-state index in [2.05, 4.69) is 0 Å². The number of nitriles is 1. The van der Waals surface area contributed by atoms with E-state index in [-0.39, 0.29) is 33.2 Å². The van der Waals surface area contributed by atoms with E-state index in [4.69, 9.17) is 0 Å². The van der Waals surface area contributed by atoms with Gasteiger partial charge in [-0.2, -0.15) is 5.26 Å². The molecule has 4 nitrogen and oxygen atoms in total. The molecule has 0 amide bonds. The second-order valence-electron chi connectivity index (χ2n) is 9.31. The molecule has 1 N–H and O–H groups in total. The number of rotatable bonds is 4. The van der Waals surface area contributed by atoms with Crippen LogP contribution in [-0.4, -0.2) is 19.3 Å². The molecule has 1 aliphatic rings. The van der Waals surface area contributed by atoms with E-state index in [1.54, 1.807) is 12.1 Å². The molecule has 1 fully saturated rings. The number of phenols is 1. The van der Waals surface area contributed by atoms with Gasteiger partial charge in [-0.3, -0.25) is 0 Å². The normalized spacial score (nSPS) is 16.4. The second-order valence-corrected chi connectivity index (χ2v) is 11.3. The summed E-state index contributed by atoms with van der Waals surface area (Å²) in [6.45, 7) is 12.0. The molecule has 1 aliphatic carbocycles. The maximum absolute atomic E-state index is 12.5. The first-order valence-corrected chi connectivity index (χ1v) is 10.6. The first kappa shape index (κ1) is 20.5. The first-order chi connectivity index (χ1) is 11.8. The highest BCUT2D eigenvalue weighted by Gasteiger charge is 2.31. The van der Waals surface area contributed by atoms with Gasteiger partial charge in [0.15, 0.2) is 9.84 Å². The Labute approximate surface area is 157 Å². The van der Waals surface area contributed by atoms with E-state index in [1.165, 1.54) is 6.08 Å². The molecule has 0 unspecified atom stereocenters. The highest BCUT2D eigenvalue weighted by atomic mass is 32.2. The molecule has 1 aromatic carbocycles. The minimum absolute atomic E-state index is 0.0444. The van der Waals surface area contributed by atoms with Crippen molar-refractivity contribution in [3.63, 3.8) is 0 Å². The summed E-state index contributed by atoms with van der Waals surface area (Å²) in [5.41, 5.74) is 1.50. The van der Waals surface area contributed by atoms with Crippen LogP contribution < -0.4 is 0 Å². The Hall–Kier alpha value is -1.80. The Morgan fingerprint density at radius 3 is 1.96 bits per heavy atom. The Kier molecular flexibility index (Phi) is 5.31. The maximum Gasteiger partial charge on any atom is 0.188 e. The SMILES string of the molecule is CC(C)(C)c1cc(/C=C(\C#N)S(=O)(=O)CC2CC2)cc(C(C)(C)C)c1O. The summed E-state index contributed by atoms with van der Waals surface area (Å²) in [6, 6.07) is 5.44. The predicted octanol–water partition coefficient (Wildman–Crippen LogP) is 4.68. The number of phenolic OH excluding ortho intramolecular Hbond substituents is 1. The van der Waals surface area contributed by atoms with Crippen LogP contribution in [0.1, 0.15) is 71.1 Å². The van der Waals surface area contributed by atoms with Gasteiger partial charge in [-0.1, -0.05) is 41.5 Å². The van der Waals surface area contributed by atoms with Crippen LogP contribution in [0.3, 0.4) is 0 Å². The number of sulfone groups is 1. The van der Waals surface area contributed by atoms with Gasteiger partial charge in [0.25, 0.3) is 0 Å².